The van der Waals surface area contributed by atoms with Crippen molar-refractivity contribution in [3.63, 3.8) is 0 Å². The normalized spacial score (nSPS) is 13.6. The highest BCUT2D eigenvalue weighted by molar-refractivity contribution is 7.13. The Bertz CT molecular complexity index is 865. The van der Waals surface area contributed by atoms with E-state index in [0.29, 0.717) is 25.2 Å². The highest BCUT2D eigenvalue weighted by atomic mass is 32.1. The van der Waals surface area contributed by atoms with Gasteiger partial charge in [-0.15, -0.1) is 11.3 Å². The molecule has 0 atom stereocenters. The number of Topliss-reactive ketones (excluding diaryl/α,β-unsaturated/α-hetero) is 1. The van der Waals surface area contributed by atoms with Crippen LogP contribution in [0.15, 0.2) is 60.0 Å². The zero-order valence-electron chi connectivity index (χ0n) is 13.3. The second-order valence-electron chi connectivity index (χ2n) is 6.12. The zero-order valence-corrected chi connectivity index (χ0v) is 14.1. The van der Waals surface area contributed by atoms with Crippen molar-refractivity contribution >= 4 is 17.1 Å². The number of ether oxygens (including phenoxy) is 1. The number of hydrogen-bond acceptors (Lipinski definition) is 3. The summed E-state index contributed by atoms with van der Waals surface area (Å²) in [4.78, 5) is 12.9. The summed E-state index contributed by atoms with van der Waals surface area (Å²) in [6.45, 7) is 0.579. The van der Waals surface area contributed by atoms with Crippen LogP contribution in [0, 0.1) is 0 Å². The molecule has 0 N–H and O–H groups in total. The van der Waals surface area contributed by atoms with Crippen LogP contribution in [0.25, 0.3) is 10.4 Å². The Kier molecular flexibility index (Phi) is 4.18. The summed E-state index contributed by atoms with van der Waals surface area (Å²) in [6, 6.07) is 18.7. The third-order valence-electron chi connectivity index (χ3n) is 4.38. The first kappa shape index (κ1) is 15.2. The zero-order chi connectivity index (χ0) is 16.4. The molecule has 1 heterocycles. The van der Waals surface area contributed by atoms with Crippen molar-refractivity contribution in [3.05, 3.63) is 76.7 Å². The van der Waals surface area contributed by atoms with Gasteiger partial charge < -0.3 is 4.74 Å². The van der Waals surface area contributed by atoms with Crippen molar-refractivity contribution in [1.82, 2.24) is 0 Å². The molecule has 1 aromatic heterocycles. The number of ketones is 1. The van der Waals surface area contributed by atoms with Gasteiger partial charge in [0.2, 0.25) is 0 Å². The molecule has 2 nitrogen and oxygen atoms in total. The first-order valence-corrected chi connectivity index (χ1v) is 9.05. The molecule has 3 heteroatoms. The molecule has 0 amide bonds. The van der Waals surface area contributed by atoms with E-state index in [1.165, 1.54) is 21.6 Å². The van der Waals surface area contributed by atoms with Crippen LogP contribution in [0.3, 0.4) is 0 Å². The fourth-order valence-electron chi connectivity index (χ4n) is 3.05. The largest absolute Gasteiger partial charge is 0.488 e. The number of fused-ring (bicyclic) bond motifs is 1. The Hall–Kier alpha value is -2.39. The van der Waals surface area contributed by atoms with Crippen LogP contribution in [-0.4, -0.2) is 5.78 Å². The van der Waals surface area contributed by atoms with E-state index in [0.717, 1.165) is 17.7 Å². The molecule has 0 radical (unpaired) electrons. The molecule has 120 valence electrons. The lowest BCUT2D eigenvalue weighted by molar-refractivity contribution is -0.118. The Morgan fingerprint density at radius 3 is 2.71 bits per heavy atom. The standard InChI is InChI=1S/C21H18O2S/c22-19-9-8-16-6-7-17(10-18(16)11-19)21-12-20(14-24-21)23-13-15-4-2-1-3-5-15/h1-7,10,12,14H,8-9,11,13H2. The van der Waals surface area contributed by atoms with Gasteiger partial charge in [0.05, 0.1) is 0 Å². The Labute approximate surface area is 145 Å². The summed E-state index contributed by atoms with van der Waals surface area (Å²) in [7, 11) is 0. The topological polar surface area (TPSA) is 26.3 Å². The number of aryl methyl sites for hydroxylation is 1. The molecule has 0 spiro atoms. The lowest BCUT2D eigenvalue weighted by atomic mass is 9.89. The predicted octanol–water partition coefficient (Wildman–Crippen LogP) is 5.05. The number of thiophene rings is 1. The van der Waals surface area contributed by atoms with Crippen LogP contribution < -0.4 is 4.74 Å². The number of benzene rings is 2. The minimum absolute atomic E-state index is 0.345. The number of rotatable bonds is 4. The molecular weight excluding hydrogens is 316 g/mol. The second kappa shape index (κ2) is 6.62. The van der Waals surface area contributed by atoms with Gasteiger partial charge in [-0.1, -0.05) is 42.5 Å². The molecule has 0 bridgehead atoms. The Balaban J connectivity index is 1.50. The lowest BCUT2D eigenvalue weighted by Crippen LogP contribution is -2.12. The van der Waals surface area contributed by atoms with Gasteiger partial charge in [-0.25, -0.2) is 0 Å². The average Bonchev–Trinajstić information content (AvgIpc) is 3.09. The van der Waals surface area contributed by atoms with Crippen LogP contribution in [0.1, 0.15) is 23.1 Å². The van der Waals surface area contributed by atoms with Gasteiger partial charge in [0.15, 0.2) is 0 Å². The van der Waals surface area contributed by atoms with Gasteiger partial charge >= 0.3 is 0 Å². The highest BCUT2D eigenvalue weighted by Gasteiger charge is 2.16. The van der Waals surface area contributed by atoms with E-state index >= 15 is 0 Å². The van der Waals surface area contributed by atoms with E-state index in [1.807, 2.05) is 23.6 Å². The molecule has 3 aromatic rings. The molecule has 4 rings (SSSR count). The lowest BCUT2D eigenvalue weighted by Gasteiger charge is -2.15. The van der Waals surface area contributed by atoms with E-state index in [-0.39, 0.29) is 0 Å². The van der Waals surface area contributed by atoms with Crippen LogP contribution in [0.4, 0.5) is 0 Å². The van der Waals surface area contributed by atoms with Gasteiger partial charge in [0.1, 0.15) is 18.1 Å². The first-order valence-electron chi connectivity index (χ1n) is 8.17. The third kappa shape index (κ3) is 3.26. The van der Waals surface area contributed by atoms with E-state index < -0.39 is 0 Å². The summed E-state index contributed by atoms with van der Waals surface area (Å²) in [5.41, 5.74) is 4.83. The number of carbonyl (C=O) groups is 1. The molecule has 0 saturated carbocycles. The van der Waals surface area contributed by atoms with Crippen molar-refractivity contribution in [3.8, 4) is 16.2 Å². The maximum atomic E-state index is 11.7. The van der Waals surface area contributed by atoms with E-state index in [9.17, 15) is 4.79 Å². The van der Waals surface area contributed by atoms with Gasteiger partial charge in [-0.2, -0.15) is 0 Å². The minimum atomic E-state index is 0.345. The van der Waals surface area contributed by atoms with Crippen molar-refractivity contribution < 1.29 is 9.53 Å². The number of hydrogen-bond donors (Lipinski definition) is 0. The van der Waals surface area contributed by atoms with Crippen LogP contribution >= 0.6 is 11.3 Å². The monoisotopic (exact) mass is 334 g/mol. The molecule has 1 aliphatic carbocycles. The first-order chi connectivity index (χ1) is 11.8. The predicted molar refractivity (Wildman–Crippen MR) is 97.6 cm³/mol. The second-order valence-corrected chi connectivity index (χ2v) is 7.03. The van der Waals surface area contributed by atoms with Crippen LogP contribution in [-0.2, 0) is 24.2 Å². The molecule has 0 unspecified atom stereocenters. The van der Waals surface area contributed by atoms with Crippen molar-refractivity contribution in [2.24, 2.45) is 0 Å². The summed E-state index contributed by atoms with van der Waals surface area (Å²) in [5, 5.41) is 2.04. The fraction of sp³-hybridized carbons (Fsp3) is 0.190. The minimum Gasteiger partial charge on any atom is -0.488 e. The van der Waals surface area contributed by atoms with E-state index in [4.69, 9.17) is 4.74 Å². The Morgan fingerprint density at radius 2 is 1.83 bits per heavy atom. The quantitative estimate of drug-likeness (QED) is 0.667. The van der Waals surface area contributed by atoms with Crippen molar-refractivity contribution in [2.45, 2.75) is 25.9 Å². The molecule has 0 fully saturated rings. The summed E-state index contributed by atoms with van der Waals surface area (Å²) in [5.74, 6) is 1.24. The van der Waals surface area contributed by atoms with Crippen molar-refractivity contribution in [1.29, 1.82) is 0 Å². The van der Waals surface area contributed by atoms with Gasteiger partial charge in [0, 0.05) is 23.1 Å². The summed E-state index contributed by atoms with van der Waals surface area (Å²) in [6.07, 6.45) is 2.14. The maximum Gasteiger partial charge on any atom is 0.137 e. The molecule has 1 aliphatic rings. The van der Waals surface area contributed by atoms with E-state index in [1.54, 1.807) is 11.3 Å². The highest BCUT2D eigenvalue weighted by Crippen LogP contribution is 2.33. The van der Waals surface area contributed by atoms with Gasteiger partial charge in [-0.3, -0.25) is 4.79 Å². The summed E-state index contributed by atoms with van der Waals surface area (Å²) < 4.78 is 5.88. The molecule has 2 aromatic carbocycles. The van der Waals surface area contributed by atoms with Crippen LogP contribution in [0.2, 0.25) is 0 Å². The van der Waals surface area contributed by atoms with E-state index in [2.05, 4.69) is 36.4 Å². The number of carbonyl (C=O) groups excluding carboxylic acids is 1. The fourth-order valence-corrected chi connectivity index (χ4v) is 3.88. The van der Waals surface area contributed by atoms with Crippen LogP contribution in [0.5, 0.6) is 5.75 Å². The SMILES string of the molecule is O=C1CCc2ccc(-c3cc(OCc4ccccc4)cs3)cc2C1. The Morgan fingerprint density at radius 1 is 0.958 bits per heavy atom. The smallest absolute Gasteiger partial charge is 0.137 e. The molecule has 24 heavy (non-hydrogen) atoms. The van der Waals surface area contributed by atoms with Gasteiger partial charge in [-0.05, 0) is 40.8 Å². The molecular formula is C21H18O2S. The maximum absolute atomic E-state index is 11.7. The van der Waals surface area contributed by atoms with Crippen molar-refractivity contribution in [2.75, 3.05) is 0 Å². The molecule has 0 aliphatic heterocycles. The van der Waals surface area contributed by atoms with Gasteiger partial charge in [0.25, 0.3) is 0 Å². The average molecular weight is 334 g/mol. The summed E-state index contributed by atoms with van der Waals surface area (Å²) >= 11 is 1.68. The molecule has 0 saturated heterocycles. The third-order valence-corrected chi connectivity index (χ3v) is 5.33.